The topological polar surface area (TPSA) is 113 Å². The minimum Gasteiger partial charge on any atom is -0.504 e. The molecule has 0 atom stereocenters. The summed E-state index contributed by atoms with van der Waals surface area (Å²) in [5.41, 5.74) is 4.84. The van der Waals surface area contributed by atoms with E-state index in [0.717, 1.165) is 31.0 Å². The average Bonchev–Trinajstić information content (AvgIpc) is 3.02. The van der Waals surface area contributed by atoms with Gasteiger partial charge in [0.05, 0.1) is 23.9 Å². The molecule has 0 aliphatic heterocycles. The molecular weight excluding hydrogens is 389 g/mol. The maximum Gasteiger partial charge on any atom is 0.416 e. The molecule has 1 aliphatic rings. The Bertz CT molecular complexity index is 874. The normalized spacial score (nSPS) is 19.9. The molecule has 0 bridgehead atoms. The Balaban J connectivity index is 1.56. The Morgan fingerprint density at radius 3 is 2.55 bits per heavy atom. The molecule has 0 saturated heterocycles. The lowest BCUT2D eigenvalue weighted by atomic mass is 9.86. The summed E-state index contributed by atoms with van der Waals surface area (Å²) in [6.45, 7) is 0.241. The second-order valence-corrected chi connectivity index (χ2v) is 7.33. The molecule has 3 rings (SSSR count). The van der Waals surface area contributed by atoms with Crippen molar-refractivity contribution in [2.75, 3.05) is 5.73 Å². The maximum absolute atomic E-state index is 12.9. The highest BCUT2D eigenvalue weighted by Gasteiger charge is 2.32. The van der Waals surface area contributed by atoms with Gasteiger partial charge >= 0.3 is 6.18 Å². The minimum absolute atomic E-state index is 0.00219. The number of aliphatic hydroxyl groups excluding tert-OH is 1. The number of nitrogen functional groups attached to an aromatic ring is 1. The van der Waals surface area contributed by atoms with Crippen LogP contribution in [0.3, 0.4) is 0 Å². The zero-order valence-corrected chi connectivity index (χ0v) is 15.6. The number of carbonyl (C=O) groups is 1. The first-order valence-electron chi connectivity index (χ1n) is 9.31. The fourth-order valence-corrected chi connectivity index (χ4v) is 3.60. The highest BCUT2D eigenvalue weighted by molar-refractivity contribution is 5.99. The molecule has 1 saturated carbocycles. The molecule has 0 radical (unpaired) electrons. The molecule has 1 heterocycles. The van der Waals surface area contributed by atoms with Crippen molar-refractivity contribution in [3.05, 3.63) is 41.2 Å². The first-order chi connectivity index (χ1) is 13.7. The van der Waals surface area contributed by atoms with Gasteiger partial charge < -0.3 is 21.3 Å². The monoisotopic (exact) mass is 412 g/mol. The third-order valence-electron chi connectivity index (χ3n) is 5.22. The first-order valence-corrected chi connectivity index (χ1v) is 9.31. The number of hydrogen-bond acceptors (Lipinski definition) is 5. The van der Waals surface area contributed by atoms with Crippen LogP contribution < -0.4 is 11.1 Å². The van der Waals surface area contributed by atoms with Gasteiger partial charge in [0.2, 0.25) is 0 Å². The SMILES string of the molecule is Nc1ccc(C(F)(F)F)cc1C(=O)NC1CCC(Cn2cc(O)c(CO)n2)CC1. The van der Waals surface area contributed by atoms with E-state index in [1.165, 1.54) is 6.20 Å². The van der Waals surface area contributed by atoms with E-state index in [4.69, 9.17) is 10.8 Å². The summed E-state index contributed by atoms with van der Waals surface area (Å²) in [7, 11) is 0. The van der Waals surface area contributed by atoms with E-state index >= 15 is 0 Å². The van der Waals surface area contributed by atoms with Gasteiger partial charge in [-0.2, -0.15) is 18.3 Å². The number of alkyl halides is 3. The Morgan fingerprint density at radius 1 is 1.28 bits per heavy atom. The summed E-state index contributed by atoms with van der Waals surface area (Å²) in [5, 5.41) is 25.6. The number of halogens is 3. The largest absolute Gasteiger partial charge is 0.504 e. The van der Waals surface area contributed by atoms with Crippen molar-refractivity contribution in [2.45, 2.75) is 51.1 Å². The van der Waals surface area contributed by atoms with Crippen LogP contribution in [-0.4, -0.2) is 31.9 Å². The number of aliphatic hydroxyl groups is 1. The predicted octanol–water partition coefficient (Wildman–Crippen LogP) is 2.67. The van der Waals surface area contributed by atoms with Crippen molar-refractivity contribution in [1.29, 1.82) is 0 Å². The summed E-state index contributed by atoms with van der Waals surface area (Å²) in [4.78, 5) is 12.4. The molecule has 1 aromatic carbocycles. The van der Waals surface area contributed by atoms with Crippen LogP contribution in [0.25, 0.3) is 0 Å². The fraction of sp³-hybridized carbons (Fsp3) is 0.474. The Labute approximate surface area is 165 Å². The van der Waals surface area contributed by atoms with Crippen LogP contribution in [0.1, 0.15) is 47.3 Å². The number of rotatable bonds is 5. The number of benzene rings is 1. The van der Waals surface area contributed by atoms with E-state index in [0.29, 0.717) is 19.4 Å². The van der Waals surface area contributed by atoms with Crippen LogP contribution in [0.2, 0.25) is 0 Å². The molecule has 0 spiro atoms. The van der Waals surface area contributed by atoms with E-state index < -0.39 is 17.6 Å². The molecule has 1 aromatic heterocycles. The third-order valence-corrected chi connectivity index (χ3v) is 5.22. The third kappa shape index (κ3) is 5.00. The number of hydrogen-bond donors (Lipinski definition) is 4. The number of aromatic nitrogens is 2. The van der Waals surface area contributed by atoms with Gasteiger partial charge in [-0.3, -0.25) is 9.48 Å². The van der Waals surface area contributed by atoms with E-state index in [-0.39, 0.29) is 41.3 Å². The smallest absolute Gasteiger partial charge is 0.416 e. The van der Waals surface area contributed by atoms with Crippen LogP contribution >= 0.6 is 0 Å². The van der Waals surface area contributed by atoms with Gasteiger partial charge in [0.25, 0.3) is 5.91 Å². The number of anilines is 1. The number of amides is 1. The van der Waals surface area contributed by atoms with E-state index in [1.807, 2.05) is 0 Å². The zero-order chi connectivity index (χ0) is 21.2. The van der Waals surface area contributed by atoms with Gasteiger partial charge in [-0.1, -0.05) is 0 Å². The van der Waals surface area contributed by atoms with Crippen molar-refractivity contribution in [3.8, 4) is 5.75 Å². The van der Waals surface area contributed by atoms with Crippen molar-refractivity contribution in [3.63, 3.8) is 0 Å². The highest BCUT2D eigenvalue weighted by Crippen LogP contribution is 2.32. The summed E-state index contributed by atoms with van der Waals surface area (Å²) >= 11 is 0. The van der Waals surface area contributed by atoms with Gasteiger partial charge in [-0.05, 0) is 49.8 Å². The fourth-order valence-electron chi connectivity index (χ4n) is 3.60. The van der Waals surface area contributed by atoms with Crippen LogP contribution in [0.15, 0.2) is 24.4 Å². The van der Waals surface area contributed by atoms with Crippen LogP contribution in [0.4, 0.5) is 18.9 Å². The van der Waals surface area contributed by atoms with Crippen LogP contribution in [0.5, 0.6) is 5.75 Å². The minimum atomic E-state index is -4.54. The second kappa shape index (κ2) is 8.32. The number of nitrogens with zero attached hydrogens (tertiary/aromatic N) is 2. The van der Waals surface area contributed by atoms with Crippen molar-refractivity contribution in [2.24, 2.45) is 5.92 Å². The van der Waals surface area contributed by atoms with Gasteiger partial charge in [-0.15, -0.1) is 0 Å². The first kappa shape index (κ1) is 21.0. The van der Waals surface area contributed by atoms with Gasteiger partial charge in [0.15, 0.2) is 5.75 Å². The highest BCUT2D eigenvalue weighted by atomic mass is 19.4. The van der Waals surface area contributed by atoms with Gasteiger partial charge in [0, 0.05) is 18.3 Å². The summed E-state index contributed by atoms with van der Waals surface area (Å²) in [5.74, 6) is -0.374. The molecule has 29 heavy (non-hydrogen) atoms. The Hall–Kier alpha value is -2.75. The number of nitrogens with two attached hydrogens (primary N) is 1. The van der Waals surface area contributed by atoms with Crippen LogP contribution in [-0.2, 0) is 19.3 Å². The maximum atomic E-state index is 12.9. The predicted molar refractivity (Wildman–Crippen MR) is 98.9 cm³/mol. The summed E-state index contributed by atoms with van der Waals surface area (Å²) in [6.07, 6.45) is -0.144. The molecule has 1 aliphatic carbocycles. The standard InChI is InChI=1S/C19H23F3N4O3/c20-19(21,22)12-3-6-15(23)14(7-12)18(29)24-13-4-1-11(2-5-13)8-26-9-17(28)16(10-27)25-26/h3,6-7,9,11,13,27-28H,1-2,4-5,8,10,23H2,(H,24,29). The molecule has 2 aromatic rings. The molecule has 7 nitrogen and oxygen atoms in total. The van der Waals surface area contributed by atoms with Crippen molar-refractivity contribution >= 4 is 11.6 Å². The second-order valence-electron chi connectivity index (χ2n) is 7.33. The molecule has 5 N–H and O–H groups in total. The average molecular weight is 412 g/mol. The van der Waals surface area contributed by atoms with Crippen LogP contribution in [0, 0.1) is 5.92 Å². The number of nitrogens with one attached hydrogen (secondary N) is 1. The Morgan fingerprint density at radius 2 is 1.97 bits per heavy atom. The number of aromatic hydroxyl groups is 1. The van der Waals surface area contributed by atoms with Gasteiger partial charge in [0.1, 0.15) is 5.69 Å². The molecule has 1 amide bonds. The molecular formula is C19H23F3N4O3. The summed E-state index contributed by atoms with van der Waals surface area (Å²) < 4.78 is 40.2. The molecule has 10 heteroatoms. The molecule has 0 unspecified atom stereocenters. The quantitative estimate of drug-likeness (QED) is 0.564. The van der Waals surface area contributed by atoms with Crippen molar-refractivity contribution in [1.82, 2.24) is 15.1 Å². The zero-order valence-electron chi connectivity index (χ0n) is 15.6. The molecule has 1 fully saturated rings. The van der Waals surface area contributed by atoms with E-state index in [2.05, 4.69) is 10.4 Å². The lowest BCUT2D eigenvalue weighted by molar-refractivity contribution is -0.137. The van der Waals surface area contributed by atoms with Crippen molar-refractivity contribution < 1.29 is 28.2 Å². The van der Waals surface area contributed by atoms with E-state index in [1.54, 1.807) is 4.68 Å². The number of carbonyl (C=O) groups excluding carboxylic acids is 1. The Kier molecular flexibility index (Phi) is 6.02. The lowest BCUT2D eigenvalue weighted by Crippen LogP contribution is -2.38. The summed E-state index contributed by atoms with van der Waals surface area (Å²) in [6, 6.07) is 2.58. The van der Waals surface area contributed by atoms with Gasteiger partial charge in [-0.25, -0.2) is 0 Å². The lowest BCUT2D eigenvalue weighted by Gasteiger charge is -2.29. The molecule has 158 valence electrons. The van der Waals surface area contributed by atoms with E-state index in [9.17, 15) is 23.1 Å².